The fourth-order valence-electron chi connectivity index (χ4n) is 2.70. The summed E-state index contributed by atoms with van der Waals surface area (Å²) < 4.78 is 0. The monoisotopic (exact) mass is 356 g/mol. The van der Waals surface area contributed by atoms with Crippen LogP contribution in [0, 0.1) is 13.8 Å². The Balaban J connectivity index is 2.10. The average Bonchev–Trinajstić information content (AvgIpc) is 2.61. The minimum Gasteiger partial charge on any atom is -0.320 e. The van der Waals surface area contributed by atoms with Gasteiger partial charge in [-0.25, -0.2) is 4.79 Å². The molecule has 0 aliphatic carbocycles. The summed E-state index contributed by atoms with van der Waals surface area (Å²) in [7, 11) is 0. The summed E-state index contributed by atoms with van der Waals surface area (Å²) in [5, 5.41) is 3.07. The van der Waals surface area contributed by atoms with E-state index in [0.29, 0.717) is 6.54 Å². The Morgan fingerprint density at radius 2 is 1.84 bits per heavy atom. The van der Waals surface area contributed by atoms with Crippen LogP contribution in [-0.2, 0) is 6.54 Å². The van der Waals surface area contributed by atoms with Crippen LogP contribution in [0.3, 0.4) is 0 Å². The molecule has 0 fully saturated rings. The molecule has 2 aromatic carbocycles. The fourth-order valence-corrected chi connectivity index (χ4v) is 3.11. The maximum absolute atomic E-state index is 12.8. The number of urea groups is 1. The van der Waals surface area contributed by atoms with E-state index in [0.717, 1.165) is 36.2 Å². The Hall–Kier alpha value is -1.94. The molecule has 0 unspecified atom stereocenters. The summed E-state index contributed by atoms with van der Waals surface area (Å²) in [6.07, 6.45) is 4.14. The van der Waals surface area contributed by atoms with Crippen LogP contribution < -0.4 is 5.32 Å². The van der Waals surface area contributed by atoms with Gasteiger partial charge in [-0.05, 0) is 55.9 Å². The average molecular weight is 357 g/mol. The highest BCUT2D eigenvalue weighted by molar-refractivity contribution is 7.98. The van der Waals surface area contributed by atoms with Gasteiger partial charge in [0, 0.05) is 23.7 Å². The van der Waals surface area contributed by atoms with Crippen LogP contribution in [0.15, 0.2) is 47.4 Å². The minimum atomic E-state index is -0.0330. The highest BCUT2D eigenvalue weighted by Gasteiger charge is 2.14. The van der Waals surface area contributed by atoms with Gasteiger partial charge in [-0.1, -0.05) is 43.2 Å². The molecular weight excluding hydrogens is 328 g/mol. The van der Waals surface area contributed by atoms with E-state index in [-0.39, 0.29) is 6.03 Å². The van der Waals surface area contributed by atoms with Gasteiger partial charge in [0.2, 0.25) is 0 Å². The number of carbonyl (C=O) groups is 1. The Labute approximate surface area is 155 Å². The topological polar surface area (TPSA) is 32.3 Å². The van der Waals surface area contributed by atoms with Crippen molar-refractivity contribution in [1.82, 2.24) is 4.90 Å². The number of rotatable bonds is 7. The van der Waals surface area contributed by atoms with E-state index in [9.17, 15) is 4.79 Å². The molecule has 0 aromatic heterocycles. The summed E-state index contributed by atoms with van der Waals surface area (Å²) >= 11 is 1.73. The molecule has 2 amide bonds. The second-order valence-electron chi connectivity index (χ2n) is 6.37. The number of benzene rings is 2. The largest absolute Gasteiger partial charge is 0.322 e. The normalized spacial score (nSPS) is 10.6. The summed E-state index contributed by atoms with van der Waals surface area (Å²) in [6, 6.07) is 14.5. The quantitative estimate of drug-likeness (QED) is 0.630. The zero-order chi connectivity index (χ0) is 18.2. The SMILES string of the molecule is CCCCN(Cc1ccc(SC)cc1)C(=O)Nc1ccc(C)cc1C. The van der Waals surface area contributed by atoms with E-state index in [1.54, 1.807) is 11.8 Å². The van der Waals surface area contributed by atoms with E-state index in [1.807, 2.05) is 24.0 Å². The molecule has 0 heterocycles. The van der Waals surface area contributed by atoms with Gasteiger partial charge in [-0.15, -0.1) is 11.8 Å². The predicted molar refractivity (Wildman–Crippen MR) is 108 cm³/mol. The fraction of sp³-hybridized carbons (Fsp3) is 0.381. The maximum atomic E-state index is 12.8. The van der Waals surface area contributed by atoms with E-state index < -0.39 is 0 Å². The van der Waals surface area contributed by atoms with Crippen molar-refractivity contribution in [1.29, 1.82) is 0 Å². The standard InChI is InChI=1S/C21H28N2OS/c1-5-6-13-23(15-18-8-10-19(25-4)11-9-18)21(24)22-20-12-7-16(2)14-17(20)3/h7-12,14H,5-6,13,15H2,1-4H3,(H,22,24). The van der Waals surface area contributed by atoms with Crippen molar-refractivity contribution >= 4 is 23.5 Å². The van der Waals surface area contributed by atoms with Crippen LogP contribution >= 0.6 is 11.8 Å². The first-order chi connectivity index (χ1) is 12.0. The second kappa shape index (κ2) is 9.52. The molecule has 134 valence electrons. The number of thioether (sulfide) groups is 1. The van der Waals surface area contributed by atoms with E-state index in [4.69, 9.17) is 0 Å². The molecule has 1 N–H and O–H groups in total. The molecule has 0 atom stereocenters. The zero-order valence-corrected chi connectivity index (χ0v) is 16.5. The number of anilines is 1. The molecule has 3 nitrogen and oxygen atoms in total. The van der Waals surface area contributed by atoms with Crippen molar-refractivity contribution in [3.63, 3.8) is 0 Å². The lowest BCUT2D eigenvalue weighted by Crippen LogP contribution is -2.35. The van der Waals surface area contributed by atoms with Gasteiger partial charge in [-0.2, -0.15) is 0 Å². The Bertz CT molecular complexity index is 698. The highest BCUT2D eigenvalue weighted by atomic mass is 32.2. The maximum Gasteiger partial charge on any atom is 0.322 e. The number of unbranched alkanes of at least 4 members (excludes halogenated alkanes) is 1. The summed E-state index contributed by atoms with van der Waals surface area (Å²) in [4.78, 5) is 15.9. The van der Waals surface area contributed by atoms with Gasteiger partial charge in [0.05, 0.1) is 0 Å². The van der Waals surface area contributed by atoms with Crippen LogP contribution in [0.25, 0.3) is 0 Å². The summed E-state index contributed by atoms with van der Waals surface area (Å²) in [6.45, 7) is 7.63. The van der Waals surface area contributed by atoms with E-state index in [2.05, 4.69) is 55.8 Å². The molecule has 2 rings (SSSR count). The van der Waals surface area contributed by atoms with E-state index >= 15 is 0 Å². The third-order valence-corrected chi connectivity index (χ3v) is 4.97. The van der Waals surface area contributed by atoms with E-state index in [1.165, 1.54) is 10.5 Å². The molecule has 0 radical (unpaired) electrons. The molecule has 0 bridgehead atoms. The van der Waals surface area contributed by atoms with Crippen molar-refractivity contribution in [2.45, 2.75) is 45.1 Å². The van der Waals surface area contributed by atoms with Crippen molar-refractivity contribution in [2.75, 3.05) is 18.1 Å². The summed E-state index contributed by atoms with van der Waals surface area (Å²) in [5.41, 5.74) is 4.33. The Morgan fingerprint density at radius 3 is 2.44 bits per heavy atom. The molecule has 0 spiro atoms. The summed E-state index contributed by atoms with van der Waals surface area (Å²) in [5.74, 6) is 0. The molecular formula is C21H28N2OS. The van der Waals surface area contributed by atoms with Gasteiger partial charge in [0.15, 0.2) is 0 Å². The number of carbonyl (C=O) groups excluding carboxylic acids is 1. The van der Waals surface area contributed by atoms with Crippen molar-refractivity contribution < 1.29 is 4.79 Å². The Kier molecular flexibility index (Phi) is 7.38. The van der Waals surface area contributed by atoms with Gasteiger partial charge in [0.25, 0.3) is 0 Å². The first kappa shape index (κ1) is 19.4. The first-order valence-corrected chi connectivity index (χ1v) is 10.0. The van der Waals surface area contributed by atoms with Gasteiger partial charge >= 0.3 is 6.03 Å². The number of nitrogens with one attached hydrogen (secondary N) is 1. The number of hydrogen-bond acceptors (Lipinski definition) is 2. The number of aryl methyl sites for hydroxylation is 2. The molecule has 0 aliphatic heterocycles. The first-order valence-electron chi connectivity index (χ1n) is 8.79. The molecule has 2 aromatic rings. The highest BCUT2D eigenvalue weighted by Crippen LogP contribution is 2.19. The van der Waals surface area contributed by atoms with Gasteiger partial charge < -0.3 is 10.2 Å². The number of amides is 2. The molecule has 4 heteroatoms. The Morgan fingerprint density at radius 1 is 1.12 bits per heavy atom. The smallest absolute Gasteiger partial charge is 0.320 e. The zero-order valence-electron chi connectivity index (χ0n) is 15.6. The van der Waals surface area contributed by atoms with Crippen LogP contribution in [0.1, 0.15) is 36.5 Å². The third-order valence-electron chi connectivity index (χ3n) is 4.22. The lowest BCUT2D eigenvalue weighted by molar-refractivity contribution is 0.208. The van der Waals surface area contributed by atoms with Crippen LogP contribution in [0.5, 0.6) is 0 Å². The second-order valence-corrected chi connectivity index (χ2v) is 7.25. The van der Waals surface area contributed by atoms with Crippen molar-refractivity contribution in [3.05, 3.63) is 59.2 Å². The molecule has 25 heavy (non-hydrogen) atoms. The van der Waals surface area contributed by atoms with Crippen molar-refractivity contribution in [2.24, 2.45) is 0 Å². The van der Waals surface area contributed by atoms with Gasteiger partial charge in [0.1, 0.15) is 0 Å². The number of hydrogen-bond donors (Lipinski definition) is 1. The number of nitrogens with zero attached hydrogens (tertiary/aromatic N) is 1. The van der Waals surface area contributed by atoms with Crippen molar-refractivity contribution in [3.8, 4) is 0 Å². The lowest BCUT2D eigenvalue weighted by atomic mass is 10.1. The molecule has 0 saturated heterocycles. The van der Waals surface area contributed by atoms with Gasteiger partial charge in [-0.3, -0.25) is 0 Å². The lowest BCUT2D eigenvalue weighted by Gasteiger charge is -2.24. The van der Waals surface area contributed by atoms with Crippen LogP contribution in [-0.4, -0.2) is 23.7 Å². The van der Waals surface area contributed by atoms with Crippen LogP contribution in [0.2, 0.25) is 0 Å². The third kappa shape index (κ3) is 5.82. The minimum absolute atomic E-state index is 0.0330. The predicted octanol–water partition coefficient (Wildman–Crippen LogP) is 5.86. The molecule has 0 aliphatic rings. The van der Waals surface area contributed by atoms with Crippen LogP contribution in [0.4, 0.5) is 10.5 Å². The molecule has 0 saturated carbocycles.